The molecule has 7 heteroatoms. The molecule has 0 aliphatic rings. The molecule has 0 spiro atoms. The van der Waals surface area contributed by atoms with Crippen molar-refractivity contribution in [2.24, 2.45) is 0 Å². The van der Waals surface area contributed by atoms with Gasteiger partial charge in [-0.15, -0.1) is 0 Å². The molecule has 0 radical (unpaired) electrons. The number of carbonyl (C=O) groups excluding carboxylic acids is 1. The fourth-order valence-electron chi connectivity index (χ4n) is 1.34. The average Bonchev–Trinajstić information content (AvgIpc) is 2.35. The standard InChI is InChI=1S/C10H10BrNO5/c11-4-9(14)10(15)8-2-1-7(12(16)17)3-6(8)5-13/h1-3,5,9-10,14-15H,4H2. The molecule has 0 fully saturated rings. The second-order valence-corrected chi connectivity index (χ2v) is 4.00. The predicted octanol–water partition coefficient (Wildman–Crippen LogP) is 1.20. The molecule has 2 unspecified atom stereocenters. The Labute approximate surface area is 105 Å². The van der Waals surface area contributed by atoms with Gasteiger partial charge >= 0.3 is 0 Å². The molecule has 1 aromatic carbocycles. The molecular formula is C10H10BrNO5. The molecule has 0 heterocycles. The van der Waals surface area contributed by atoms with Gasteiger partial charge in [-0.3, -0.25) is 14.9 Å². The average molecular weight is 304 g/mol. The molecule has 1 rings (SSSR count). The van der Waals surface area contributed by atoms with E-state index in [0.29, 0.717) is 6.29 Å². The van der Waals surface area contributed by atoms with E-state index in [4.69, 9.17) is 0 Å². The van der Waals surface area contributed by atoms with E-state index in [9.17, 15) is 25.1 Å². The van der Waals surface area contributed by atoms with Crippen LogP contribution in [-0.2, 0) is 0 Å². The Kier molecular flexibility index (Phi) is 4.73. The van der Waals surface area contributed by atoms with E-state index < -0.39 is 17.1 Å². The second kappa shape index (κ2) is 5.85. The molecule has 2 N–H and O–H groups in total. The smallest absolute Gasteiger partial charge is 0.270 e. The molecule has 2 atom stereocenters. The number of nitro benzene ring substituents is 1. The Hall–Kier alpha value is -1.31. The zero-order valence-electron chi connectivity index (χ0n) is 8.62. The summed E-state index contributed by atoms with van der Waals surface area (Å²) < 4.78 is 0. The summed E-state index contributed by atoms with van der Waals surface area (Å²) in [6.07, 6.45) is -1.95. The van der Waals surface area contributed by atoms with Gasteiger partial charge in [0.15, 0.2) is 6.29 Å². The highest BCUT2D eigenvalue weighted by atomic mass is 79.9. The Morgan fingerprint density at radius 1 is 1.47 bits per heavy atom. The van der Waals surface area contributed by atoms with E-state index in [1.807, 2.05) is 0 Å². The maximum atomic E-state index is 10.8. The van der Waals surface area contributed by atoms with E-state index in [0.717, 1.165) is 6.07 Å². The van der Waals surface area contributed by atoms with Crippen LogP contribution in [0.25, 0.3) is 0 Å². The number of hydrogen-bond acceptors (Lipinski definition) is 5. The van der Waals surface area contributed by atoms with Crippen LogP contribution in [0.2, 0.25) is 0 Å². The van der Waals surface area contributed by atoms with Crippen molar-refractivity contribution in [1.82, 2.24) is 0 Å². The van der Waals surface area contributed by atoms with Crippen molar-refractivity contribution in [3.05, 3.63) is 39.4 Å². The number of aldehydes is 1. The third-order valence-corrected chi connectivity index (χ3v) is 2.91. The van der Waals surface area contributed by atoms with Crippen LogP contribution in [0.4, 0.5) is 5.69 Å². The van der Waals surface area contributed by atoms with E-state index in [1.54, 1.807) is 0 Å². The zero-order valence-corrected chi connectivity index (χ0v) is 10.2. The molecule has 17 heavy (non-hydrogen) atoms. The topological polar surface area (TPSA) is 101 Å². The lowest BCUT2D eigenvalue weighted by atomic mass is 9.99. The van der Waals surface area contributed by atoms with Crippen LogP contribution in [0, 0.1) is 10.1 Å². The predicted molar refractivity (Wildman–Crippen MR) is 63.2 cm³/mol. The fourth-order valence-corrected chi connectivity index (χ4v) is 1.69. The van der Waals surface area contributed by atoms with Gasteiger partial charge in [0.05, 0.1) is 11.0 Å². The molecule has 0 aliphatic heterocycles. The summed E-state index contributed by atoms with van der Waals surface area (Å²) in [5.41, 5.74) is -0.0827. The fraction of sp³-hybridized carbons (Fsp3) is 0.300. The first-order chi connectivity index (χ1) is 8.01. The summed E-state index contributed by atoms with van der Waals surface area (Å²) in [5, 5.41) is 29.8. The van der Waals surface area contributed by atoms with Crippen molar-refractivity contribution in [2.45, 2.75) is 12.2 Å². The maximum absolute atomic E-state index is 10.8. The highest BCUT2D eigenvalue weighted by molar-refractivity contribution is 9.09. The first-order valence-corrected chi connectivity index (χ1v) is 5.79. The van der Waals surface area contributed by atoms with Crippen molar-refractivity contribution in [2.75, 3.05) is 5.33 Å². The van der Waals surface area contributed by atoms with Crippen LogP contribution >= 0.6 is 15.9 Å². The minimum Gasteiger partial charge on any atom is -0.389 e. The van der Waals surface area contributed by atoms with Crippen molar-refractivity contribution in [1.29, 1.82) is 0 Å². The quantitative estimate of drug-likeness (QED) is 0.368. The molecule has 0 saturated carbocycles. The van der Waals surface area contributed by atoms with Crippen LogP contribution in [0.15, 0.2) is 18.2 Å². The van der Waals surface area contributed by atoms with Crippen LogP contribution in [0.3, 0.4) is 0 Å². The van der Waals surface area contributed by atoms with E-state index >= 15 is 0 Å². The van der Waals surface area contributed by atoms with Gasteiger partial charge in [0.1, 0.15) is 6.10 Å². The molecule has 0 saturated heterocycles. The van der Waals surface area contributed by atoms with Gasteiger partial charge in [-0.1, -0.05) is 15.9 Å². The van der Waals surface area contributed by atoms with Crippen molar-refractivity contribution < 1.29 is 19.9 Å². The van der Waals surface area contributed by atoms with Gasteiger partial charge in [-0.05, 0) is 11.6 Å². The number of halogens is 1. The number of non-ortho nitro benzene ring substituents is 1. The number of alkyl halides is 1. The van der Waals surface area contributed by atoms with Gasteiger partial charge in [-0.25, -0.2) is 0 Å². The number of aliphatic hydroxyl groups excluding tert-OH is 2. The molecule has 0 amide bonds. The minimum atomic E-state index is -1.27. The monoisotopic (exact) mass is 303 g/mol. The van der Waals surface area contributed by atoms with Gasteiger partial charge in [0.25, 0.3) is 5.69 Å². The first kappa shape index (κ1) is 13.8. The summed E-state index contributed by atoms with van der Waals surface area (Å²) in [6.45, 7) is 0. The van der Waals surface area contributed by atoms with Gasteiger partial charge in [-0.2, -0.15) is 0 Å². The number of aliphatic hydroxyl groups is 2. The Bertz CT molecular complexity index is 437. The van der Waals surface area contributed by atoms with Crippen molar-refractivity contribution >= 4 is 27.9 Å². The van der Waals surface area contributed by atoms with Gasteiger partial charge in [0, 0.05) is 23.0 Å². The number of nitrogens with zero attached hydrogens (tertiary/aromatic N) is 1. The van der Waals surface area contributed by atoms with Crippen LogP contribution in [0.1, 0.15) is 22.0 Å². The van der Waals surface area contributed by atoms with Gasteiger partial charge < -0.3 is 10.2 Å². The number of rotatable bonds is 5. The molecule has 0 aromatic heterocycles. The Morgan fingerprint density at radius 3 is 2.59 bits per heavy atom. The molecule has 0 bridgehead atoms. The third kappa shape index (κ3) is 3.09. The summed E-state index contributed by atoms with van der Waals surface area (Å²) in [5.74, 6) is 0. The molecule has 6 nitrogen and oxygen atoms in total. The normalized spacial score (nSPS) is 14.1. The lowest BCUT2D eigenvalue weighted by Crippen LogP contribution is -2.20. The number of carbonyl (C=O) groups is 1. The highest BCUT2D eigenvalue weighted by Crippen LogP contribution is 2.24. The summed E-state index contributed by atoms with van der Waals surface area (Å²) in [6, 6.07) is 3.50. The van der Waals surface area contributed by atoms with Crippen LogP contribution < -0.4 is 0 Å². The number of nitro groups is 1. The molecule has 1 aromatic rings. The molecular weight excluding hydrogens is 294 g/mol. The van der Waals surface area contributed by atoms with Crippen LogP contribution in [-0.4, -0.2) is 32.9 Å². The van der Waals surface area contributed by atoms with E-state index in [1.165, 1.54) is 12.1 Å². The highest BCUT2D eigenvalue weighted by Gasteiger charge is 2.21. The van der Waals surface area contributed by atoms with E-state index in [-0.39, 0.29) is 22.1 Å². The van der Waals surface area contributed by atoms with Crippen molar-refractivity contribution in [3.8, 4) is 0 Å². The Balaban J connectivity index is 3.17. The second-order valence-electron chi connectivity index (χ2n) is 3.35. The molecule has 92 valence electrons. The van der Waals surface area contributed by atoms with Crippen molar-refractivity contribution in [3.63, 3.8) is 0 Å². The Morgan fingerprint density at radius 2 is 2.12 bits per heavy atom. The lowest BCUT2D eigenvalue weighted by molar-refractivity contribution is -0.384. The summed E-state index contributed by atoms with van der Waals surface area (Å²) >= 11 is 2.99. The number of benzene rings is 1. The summed E-state index contributed by atoms with van der Waals surface area (Å²) in [7, 11) is 0. The van der Waals surface area contributed by atoms with Crippen LogP contribution in [0.5, 0.6) is 0 Å². The maximum Gasteiger partial charge on any atom is 0.270 e. The van der Waals surface area contributed by atoms with E-state index in [2.05, 4.69) is 15.9 Å². The zero-order chi connectivity index (χ0) is 13.0. The molecule has 0 aliphatic carbocycles. The largest absolute Gasteiger partial charge is 0.389 e. The number of hydrogen-bond donors (Lipinski definition) is 2. The SMILES string of the molecule is O=Cc1cc([N+](=O)[O-])ccc1C(O)C(O)CBr. The van der Waals surface area contributed by atoms with Gasteiger partial charge in [0.2, 0.25) is 0 Å². The third-order valence-electron chi connectivity index (χ3n) is 2.25. The lowest BCUT2D eigenvalue weighted by Gasteiger charge is -2.17. The first-order valence-electron chi connectivity index (χ1n) is 4.67. The minimum absolute atomic E-state index is 0.00769. The summed E-state index contributed by atoms with van der Waals surface area (Å²) in [4.78, 5) is 20.7.